The number of rotatable bonds is 6. The lowest BCUT2D eigenvalue weighted by Crippen LogP contribution is -2.30. The summed E-state index contributed by atoms with van der Waals surface area (Å²) in [5.74, 6) is 1.11. The Morgan fingerprint density at radius 3 is 2.50 bits per heavy atom. The zero-order valence-corrected chi connectivity index (χ0v) is 12.4. The topological polar surface area (TPSA) is 32.3 Å². The Hall–Kier alpha value is -1.00. The predicted octanol–water partition coefficient (Wildman–Crippen LogP) is 2.83. The third-order valence-corrected chi connectivity index (χ3v) is 3.68. The number of benzene rings is 1. The minimum atomic E-state index is -0.0338. The molecule has 1 N–H and O–H groups in total. The Kier molecular flexibility index (Phi) is 6.22. The number of carbonyl (C=O) groups excluding carboxylic acids is 1. The molecule has 1 aromatic rings. The molecule has 4 heteroatoms. The van der Waals surface area contributed by atoms with Crippen molar-refractivity contribution in [2.24, 2.45) is 0 Å². The highest BCUT2D eigenvalue weighted by molar-refractivity contribution is 7.98. The molecule has 100 valence electrons. The number of nitrogens with one attached hydrogen (secondary N) is 1. The second-order valence-corrected chi connectivity index (χ2v) is 5.51. The van der Waals surface area contributed by atoms with Gasteiger partial charge >= 0.3 is 0 Å². The van der Waals surface area contributed by atoms with Gasteiger partial charge in [-0.2, -0.15) is 11.8 Å². The summed E-state index contributed by atoms with van der Waals surface area (Å²) >= 11 is 1.87. The van der Waals surface area contributed by atoms with Gasteiger partial charge in [0.25, 0.3) is 0 Å². The van der Waals surface area contributed by atoms with Crippen molar-refractivity contribution in [3.05, 3.63) is 29.8 Å². The first-order chi connectivity index (χ1) is 8.52. The summed E-state index contributed by atoms with van der Waals surface area (Å²) in [5, 5.41) is 2.77. The highest BCUT2D eigenvalue weighted by Crippen LogP contribution is 2.13. The standard InChI is InChI=1S/C14H22N2OS/c1-11(10-18-4)16(3)9-13-5-7-14(8-6-13)15-12(2)17/h5-8,11H,9-10H2,1-4H3,(H,15,17). The summed E-state index contributed by atoms with van der Waals surface area (Å²) in [4.78, 5) is 13.3. The molecule has 0 aromatic heterocycles. The lowest BCUT2D eigenvalue weighted by Gasteiger charge is -2.24. The number of amides is 1. The minimum absolute atomic E-state index is 0.0338. The van der Waals surface area contributed by atoms with Gasteiger partial charge in [0.15, 0.2) is 0 Å². The summed E-state index contributed by atoms with van der Waals surface area (Å²) in [7, 11) is 2.14. The average Bonchev–Trinajstić information content (AvgIpc) is 2.31. The van der Waals surface area contributed by atoms with Crippen LogP contribution in [0.4, 0.5) is 5.69 Å². The van der Waals surface area contributed by atoms with E-state index in [0.29, 0.717) is 6.04 Å². The van der Waals surface area contributed by atoms with Crippen molar-refractivity contribution in [1.29, 1.82) is 0 Å². The Bertz CT molecular complexity index is 378. The molecule has 3 nitrogen and oxygen atoms in total. The van der Waals surface area contributed by atoms with E-state index in [-0.39, 0.29) is 5.91 Å². The van der Waals surface area contributed by atoms with Crippen molar-refractivity contribution in [3.8, 4) is 0 Å². The Morgan fingerprint density at radius 1 is 1.39 bits per heavy atom. The second kappa shape index (κ2) is 7.44. The highest BCUT2D eigenvalue weighted by Gasteiger charge is 2.08. The van der Waals surface area contributed by atoms with Crippen molar-refractivity contribution in [2.45, 2.75) is 26.4 Å². The molecule has 0 fully saturated rings. The van der Waals surface area contributed by atoms with Crippen LogP contribution in [0.5, 0.6) is 0 Å². The van der Waals surface area contributed by atoms with Crippen LogP contribution in [-0.4, -0.2) is 35.9 Å². The lowest BCUT2D eigenvalue weighted by molar-refractivity contribution is -0.114. The molecule has 0 aliphatic rings. The van der Waals surface area contributed by atoms with Crippen molar-refractivity contribution in [1.82, 2.24) is 4.90 Å². The summed E-state index contributed by atoms with van der Waals surface area (Å²) in [6, 6.07) is 8.59. The monoisotopic (exact) mass is 266 g/mol. The van der Waals surface area contributed by atoms with Crippen molar-refractivity contribution < 1.29 is 4.79 Å². The first-order valence-corrected chi connectivity index (χ1v) is 7.48. The molecule has 1 aromatic carbocycles. The van der Waals surface area contributed by atoms with E-state index in [4.69, 9.17) is 0 Å². The van der Waals surface area contributed by atoms with Gasteiger partial charge in [-0.15, -0.1) is 0 Å². The van der Waals surface area contributed by atoms with Crippen LogP contribution in [0.2, 0.25) is 0 Å². The molecule has 0 saturated heterocycles. The summed E-state index contributed by atoms with van der Waals surface area (Å²) in [6.45, 7) is 4.69. The number of carbonyl (C=O) groups is 1. The minimum Gasteiger partial charge on any atom is -0.326 e. The van der Waals surface area contributed by atoms with Gasteiger partial charge in [0.2, 0.25) is 5.91 Å². The van der Waals surface area contributed by atoms with Gasteiger partial charge in [-0.3, -0.25) is 9.69 Å². The molecule has 1 amide bonds. The Labute approximate surface area is 114 Å². The fourth-order valence-corrected chi connectivity index (χ4v) is 2.45. The quantitative estimate of drug-likeness (QED) is 0.859. The van der Waals surface area contributed by atoms with Crippen LogP contribution in [0.3, 0.4) is 0 Å². The van der Waals surface area contributed by atoms with Crippen LogP contribution in [0, 0.1) is 0 Å². The first kappa shape index (κ1) is 15.1. The van der Waals surface area contributed by atoms with Gasteiger partial charge in [0, 0.05) is 31.0 Å². The van der Waals surface area contributed by atoms with Crippen LogP contribution in [0.25, 0.3) is 0 Å². The maximum Gasteiger partial charge on any atom is 0.221 e. The van der Waals surface area contributed by atoms with Crippen LogP contribution in [-0.2, 0) is 11.3 Å². The van der Waals surface area contributed by atoms with Crippen molar-refractivity contribution in [2.75, 3.05) is 24.4 Å². The normalized spacial score (nSPS) is 12.5. The third kappa shape index (κ3) is 5.10. The van der Waals surface area contributed by atoms with Gasteiger partial charge in [0.1, 0.15) is 0 Å². The molecular formula is C14H22N2OS. The molecule has 0 spiro atoms. The van der Waals surface area contributed by atoms with E-state index in [1.165, 1.54) is 12.5 Å². The first-order valence-electron chi connectivity index (χ1n) is 6.08. The van der Waals surface area contributed by atoms with Crippen molar-refractivity contribution in [3.63, 3.8) is 0 Å². The molecule has 0 radical (unpaired) electrons. The molecular weight excluding hydrogens is 244 g/mol. The van der Waals surface area contributed by atoms with Crippen LogP contribution < -0.4 is 5.32 Å². The number of hydrogen-bond acceptors (Lipinski definition) is 3. The third-order valence-electron chi connectivity index (χ3n) is 2.87. The maximum absolute atomic E-state index is 10.9. The van der Waals surface area contributed by atoms with Gasteiger partial charge in [0.05, 0.1) is 0 Å². The largest absolute Gasteiger partial charge is 0.326 e. The lowest BCUT2D eigenvalue weighted by atomic mass is 10.2. The van der Waals surface area contributed by atoms with E-state index >= 15 is 0 Å². The zero-order chi connectivity index (χ0) is 13.5. The van der Waals surface area contributed by atoms with Crippen LogP contribution in [0.1, 0.15) is 19.4 Å². The van der Waals surface area contributed by atoms with Gasteiger partial charge in [-0.25, -0.2) is 0 Å². The molecule has 0 saturated carbocycles. The smallest absolute Gasteiger partial charge is 0.221 e. The predicted molar refractivity (Wildman–Crippen MR) is 80.1 cm³/mol. The summed E-state index contributed by atoms with van der Waals surface area (Å²) < 4.78 is 0. The summed E-state index contributed by atoms with van der Waals surface area (Å²) in [5.41, 5.74) is 2.12. The number of anilines is 1. The maximum atomic E-state index is 10.9. The molecule has 0 bridgehead atoms. The van der Waals surface area contributed by atoms with E-state index in [2.05, 4.69) is 42.6 Å². The number of nitrogens with zero attached hydrogens (tertiary/aromatic N) is 1. The highest BCUT2D eigenvalue weighted by atomic mass is 32.2. The van der Waals surface area contributed by atoms with Gasteiger partial charge < -0.3 is 5.32 Å². The zero-order valence-electron chi connectivity index (χ0n) is 11.6. The fourth-order valence-electron chi connectivity index (χ4n) is 1.71. The summed E-state index contributed by atoms with van der Waals surface area (Å²) in [6.07, 6.45) is 2.13. The molecule has 1 unspecified atom stereocenters. The van der Waals surface area contributed by atoms with Gasteiger partial charge in [-0.1, -0.05) is 12.1 Å². The fraction of sp³-hybridized carbons (Fsp3) is 0.500. The van der Waals surface area contributed by atoms with Crippen LogP contribution >= 0.6 is 11.8 Å². The molecule has 1 rings (SSSR count). The van der Waals surface area contributed by atoms with E-state index in [1.54, 1.807) is 0 Å². The van der Waals surface area contributed by atoms with Crippen molar-refractivity contribution >= 4 is 23.4 Å². The molecule has 18 heavy (non-hydrogen) atoms. The molecule has 0 aliphatic carbocycles. The van der Waals surface area contributed by atoms with E-state index in [0.717, 1.165) is 18.0 Å². The average molecular weight is 266 g/mol. The molecule has 0 aliphatic heterocycles. The van der Waals surface area contributed by atoms with E-state index in [1.807, 2.05) is 23.9 Å². The molecule has 0 heterocycles. The van der Waals surface area contributed by atoms with E-state index < -0.39 is 0 Å². The van der Waals surface area contributed by atoms with E-state index in [9.17, 15) is 4.79 Å². The van der Waals surface area contributed by atoms with Gasteiger partial charge in [-0.05, 0) is 37.9 Å². The van der Waals surface area contributed by atoms with Crippen LogP contribution in [0.15, 0.2) is 24.3 Å². The Morgan fingerprint density at radius 2 is 2.00 bits per heavy atom. The second-order valence-electron chi connectivity index (χ2n) is 4.60. The number of hydrogen-bond donors (Lipinski definition) is 1. The number of thioether (sulfide) groups is 1. The Balaban J connectivity index is 2.55. The SMILES string of the molecule is CSCC(C)N(C)Cc1ccc(NC(C)=O)cc1. The molecule has 1 atom stereocenters.